The van der Waals surface area contributed by atoms with E-state index in [4.69, 9.17) is 21.1 Å². The number of hydrazine groups is 1. The number of nitrogens with zero attached hydrogens (tertiary/aromatic N) is 2. The van der Waals surface area contributed by atoms with Gasteiger partial charge in [-0.25, -0.2) is 4.39 Å². The number of amides is 4. The van der Waals surface area contributed by atoms with Crippen LogP contribution in [0.25, 0.3) is 6.08 Å². The SMILES string of the molecule is C=Cc1ccc(N2C(=O)C3CC=C4C(CC5C(=O)N(Nc6ccc(F)cc6)C(=O)C5(c5ccc(Cl)cc5)C4c4c(O)cc(OC)cc4OC)C3C2=O)cc1. The van der Waals surface area contributed by atoms with E-state index in [2.05, 4.69) is 12.0 Å². The number of halogens is 2. The molecule has 2 saturated heterocycles. The Morgan fingerprint density at radius 3 is 2.26 bits per heavy atom. The number of carbonyl (C=O) groups excluding carboxylic acids is 4. The van der Waals surface area contributed by atoms with Crippen LogP contribution in [0, 0.1) is 29.5 Å². The fourth-order valence-electron chi connectivity index (χ4n) is 9.15. The number of hydrogen-bond donors (Lipinski definition) is 2. The number of anilines is 2. The van der Waals surface area contributed by atoms with Crippen molar-refractivity contribution in [3.05, 3.63) is 131 Å². The van der Waals surface area contributed by atoms with Gasteiger partial charge in [0.25, 0.3) is 11.8 Å². The number of ether oxygens (including phenoxy) is 2. The van der Waals surface area contributed by atoms with Crippen molar-refractivity contribution in [2.45, 2.75) is 24.2 Å². The molecule has 12 heteroatoms. The van der Waals surface area contributed by atoms with Gasteiger partial charge in [-0.15, -0.1) is 0 Å². The van der Waals surface area contributed by atoms with E-state index in [1.54, 1.807) is 60.7 Å². The molecule has 2 aliphatic carbocycles. The van der Waals surface area contributed by atoms with Crippen LogP contribution < -0.4 is 19.8 Å². The number of phenols is 1. The Bertz CT molecular complexity index is 2260. The lowest BCUT2D eigenvalue weighted by Gasteiger charge is -2.50. The number of imide groups is 2. The van der Waals surface area contributed by atoms with Crippen molar-refractivity contribution in [2.24, 2.45) is 23.7 Å². The second-order valence-electron chi connectivity index (χ2n) is 13.9. The van der Waals surface area contributed by atoms with Crippen molar-refractivity contribution in [3.63, 3.8) is 0 Å². The molecule has 54 heavy (non-hydrogen) atoms. The average Bonchev–Trinajstić information content (AvgIpc) is 3.56. The van der Waals surface area contributed by atoms with Gasteiger partial charge < -0.3 is 14.6 Å². The quantitative estimate of drug-likeness (QED) is 0.145. The number of nitrogens with one attached hydrogen (secondary N) is 1. The topological polar surface area (TPSA) is 125 Å². The Labute approximate surface area is 315 Å². The fraction of sp³-hybridized carbons (Fsp3) is 0.238. The maximum Gasteiger partial charge on any atom is 0.260 e. The van der Waals surface area contributed by atoms with E-state index in [-0.39, 0.29) is 41.5 Å². The van der Waals surface area contributed by atoms with Gasteiger partial charge in [0.1, 0.15) is 23.1 Å². The second kappa shape index (κ2) is 13.2. The lowest BCUT2D eigenvalue weighted by Crippen LogP contribution is -2.53. The zero-order valence-electron chi connectivity index (χ0n) is 29.3. The fourth-order valence-corrected chi connectivity index (χ4v) is 9.27. The van der Waals surface area contributed by atoms with Gasteiger partial charge in [-0.3, -0.25) is 29.5 Å². The molecule has 4 amide bonds. The summed E-state index contributed by atoms with van der Waals surface area (Å²) in [6.45, 7) is 3.78. The molecule has 3 fully saturated rings. The van der Waals surface area contributed by atoms with E-state index >= 15 is 4.79 Å². The van der Waals surface area contributed by atoms with Crippen LogP contribution in [0.1, 0.15) is 35.4 Å². The summed E-state index contributed by atoms with van der Waals surface area (Å²) in [5.41, 5.74) is 4.02. The summed E-state index contributed by atoms with van der Waals surface area (Å²) in [6, 6.07) is 21.8. The van der Waals surface area contributed by atoms with E-state index < -0.39 is 58.5 Å². The molecule has 2 heterocycles. The van der Waals surface area contributed by atoms with Crippen LogP contribution in [-0.2, 0) is 24.6 Å². The van der Waals surface area contributed by atoms with Crippen molar-refractivity contribution in [3.8, 4) is 17.2 Å². The van der Waals surface area contributed by atoms with Gasteiger partial charge in [-0.05, 0) is 78.4 Å². The minimum atomic E-state index is -1.71. The molecule has 0 spiro atoms. The summed E-state index contributed by atoms with van der Waals surface area (Å²) in [4.78, 5) is 60.2. The largest absolute Gasteiger partial charge is 0.507 e. The minimum Gasteiger partial charge on any atom is -0.507 e. The van der Waals surface area contributed by atoms with Gasteiger partial charge in [0.05, 0.1) is 48.8 Å². The molecule has 0 bridgehead atoms. The third-order valence-electron chi connectivity index (χ3n) is 11.5. The number of phenolic OH excluding ortho intramolecular Hbond substituents is 1. The summed E-state index contributed by atoms with van der Waals surface area (Å²) in [5.74, 6) is -6.73. The first-order valence-electron chi connectivity index (χ1n) is 17.4. The molecular formula is C42H35ClFN3O7. The average molecular weight is 748 g/mol. The zero-order valence-corrected chi connectivity index (χ0v) is 30.0. The van der Waals surface area contributed by atoms with Gasteiger partial charge >= 0.3 is 0 Å². The summed E-state index contributed by atoms with van der Waals surface area (Å²) < 4.78 is 25.3. The van der Waals surface area contributed by atoms with Crippen LogP contribution in [0.3, 0.4) is 0 Å². The lowest BCUT2D eigenvalue weighted by atomic mass is 9.49. The second-order valence-corrected chi connectivity index (χ2v) is 14.4. The molecule has 10 nitrogen and oxygen atoms in total. The zero-order chi connectivity index (χ0) is 38.1. The molecule has 2 N–H and O–H groups in total. The van der Waals surface area contributed by atoms with Crippen molar-refractivity contribution in [1.29, 1.82) is 0 Å². The molecule has 2 aliphatic heterocycles. The van der Waals surface area contributed by atoms with Gasteiger partial charge in [-0.1, -0.05) is 60.2 Å². The Kier molecular flexibility index (Phi) is 8.56. The third kappa shape index (κ3) is 5.13. The molecule has 4 aromatic rings. The number of aromatic hydroxyl groups is 1. The van der Waals surface area contributed by atoms with Gasteiger partial charge in [-0.2, -0.15) is 5.01 Å². The Balaban J connectivity index is 1.35. The highest BCUT2D eigenvalue weighted by Gasteiger charge is 2.71. The molecule has 8 rings (SSSR count). The van der Waals surface area contributed by atoms with Crippen molar-refractivity contribution in [2.75, 3.05) is 24.5 Å². The summed E-state index contributed by atoms with van der Waals surface area (Å²) in [5, 5.41) is 13.2. The number of rotatable bonds is 8. The summed E-state index contributed by atoms with van der Waals surface area (Å²) in [7, 11) is 2.87. The van der Waals surface area contributed by atoms with Crippen LogP contribution in [0.5, 0.6) is 17.2 Å². The van der Waals surface area contributed by atoms with Crippen molar-refractivity contribution < 1.29 is 38.1 Å². The lowest BCUT2D eigenvalue weighted by molar-refractivity contribution is -0.138. The Morgan fingerprint density at radius 2 is 1.61 bits per heavy atom. The maximum atomic E-state index is 15.4. The normalized spacial score (nSPS) is 25.9. The molecule has 6 atom stereocenters. The van der Waals surface area contributed by atoms with Crippen LogP contribution in [-0.4, -0.2) is 48.0 Å². The van der Waals surface area contributed by atoms with Crippen LogP contribution in [0.2, 0.25) is 5.02 Å². The van der Waals surface area contributed by atoms with Crippen LogP contribution >= 0.6 is 11.6 Å². The standard InChI is InChI=1S/C42H35ClFN3O7/c1-4-22-5-15-27(16-6-22)46-38(49)30-18-17-29-31(35(30)40(46)51)21-32-39(50)47(45-26-13-11-25(44)12-14-26)41(52)42(32,23-7-9-24(43)10-8-23)37(29)36-33(48)19-28(53-2)20-34(36)54-3/h4-17,19-20,30-32,35,37,45,48H,1,18,21H2,2-3H3. The third-order valence-corrected chi connectivity index (χ3v) is 11.7. The number of allylic oxidation sites excluding steroid dienone is 2. The number of methoxy groups -OCH3 is 2. The van der Waals surface area contributed by atoms with E-state index in [1.807, 2.05) is 6.08 Å². The molecule has 0 aromatic heterocycles. The van der Waals surface area contributed by atoms with Gasteiger partial charge in [0.15, 0.2) is 0 Å². The summed E-state index contributed by atoms with van der Waals surface area (Å²) in [6.07, 6.45) is 3.76. The molecule has 274 valence electrons. The minimum absolute atomic E-state index is 0.0276. The van der Waals surface area contributed by atoms with Crippen molar-refractivity contribution >= 4 is 52.7 Å². The van der Waals surface area contributed by atoms with E-state index in [0.29, 0.717) is 27.6 Å². The molecular weight excluding hydrogens is 713 g/mol. The predicted octanol–water partition coefficient (Wildman–Crippen LogP) is 7.03. The first-order chi connectivity index (χ1) is 26.0. The van der Waals surface area contributed by atoms with Crippen LogP contribution in [0.4, 0.5) is 15.8 Å². The molecule has 6 unspecified atom stereocenters. The molecule has 0 radical (unpaired) electrons. The monoisotopic (exact) mass is 747 g/mol. The van der Waals surface area contributed by atoms with Gasteiger partial charge in [0, 0.05) is 28.6 Å². The van der Waals surface area contributed by atoms with Gasteiger partial charge in [0.2, 0.25) is 11.8 Å². The summed E-state index contributed by atoms with van der Waals surface area (Å²) >= 11 is 6.38. The number of benzene rings is 4. The number of hydrogen-bond acceptors (Lipinski definition) is 8. The first kappa shape index (κ1) is 35.1. The van der Waals surface area contributed by atoms with E-state index in [1.165, 1.54) is 49.5 Å². The number of carbonyl (C=O) groups is 4. The Hall–Kier alpha value is -5.94. The van der Waals surface area contributed by atoms with E-state index in [0.717, 1.165) is 10.6 Å². The maximum absolute atomic E-state index is 15.4. The number of fused-ring (bicyclic) bond motifs is 4. The predicted molar refractivity (Wildman–Crippen MR) is 199 cm³/mol. The Morgan fingerprint density at radius 1 is 0.907 bits per heavy atom. The molecule has 4 aliphatic rings. The highest BCUT2D eigenvalue weighted by Crippen LogP contribution is 2.66. The highest BCUT2D eigenvalue weighted by atomic mass is 35.5. The van der Waals surface area contributed by atoms with Crippen LogP contribution in [0.15, 0.2) is 103 Å². The first-order valence-corrected chi connectivity index (χ1v) is 17.8. The molecule has 1 saturated carbocycles. The molecule has 4 aromatic carbocycles. The van der Waals surface area contributed by atoms with E-state index in [9.17, 15) is 23.9 Å². The van der Waals surface area contributed by atoms with Crippen molar-refractivity contribution in [1.82, 2.24) is 5.01 Å². The highest BCUT2D eigenvalue weighted by molar-refractivity contribution is 6.30. The smallest absolute Gasteiger partial charge is 0.260 e.